The van der Waals surface area contributed by atoms with E-state index in [1.165, 1.54) is 11.9 Å². The van der Waals surface area contributed by atoms with Gasteiger partial charge in [0.2, 0.25) is 0 Å². The number of hydrogen-bond acceptors (Lipinski definition) is 5. The first-order chi connectivity index (χ1) is 10.7. The molecular formula is C15H15ClN6. The molecule has 1 aromatic carbocycles. The van der Waals surface area contributed by atoms with E-state index in [1.807, 2.05) is 30.3 Å². The Bertz CT molecular complexity index is 739. The van der Waals surface area contributed by atoms with E-state index in [9.17, 15) is 0 Å². The van der Waals surface area contributed by atoms with Crippen molar-refractivity contribution in [1.82, 2.24) is 19.7 Å². The van der Waals surface area contributed by atoms with Gasteiger partial charge in [0.05, 0.1) is 0 Å². The zero-order valence-electron chi connectivity index (χ0n) is 11.8. The molecule has 2 heterocycles. The van der Waals surface area contributed by atoms with Gasteiger partial charge in [-0.15, -0.1) is 0 Å². The van der Waals surface area contributed by atoms with Gasteiger partial charge in [-0.25, -0.2) is 14.6 Å². The molecular weight excluding hydrogens is 300 g/mol. The lowest BCUT2D eigenvalue weighted by molar-refractivity contribution is 0.842. The third-order valence-electron chi connectivity index (χ3n) is 3.20. The highest BCUT2D eigenvalue weighted by molar-refractivity contribution is 6.30. The van der Waals surface area contributed by atoms with Crippen LogP contribution in [0.4, 0.5) is 11.5 Å². The fraction of sp³-hybridized carbons (Fsp3) is 0.133. The third-order valence-corrected chi connectivity index (χ3v) is 3.46. The second kappa shape index (κ2) is 6.44. The zero-order chi connectivity index (χ0) is 15.4. The number of halogens is 1. The van der Waals surface area contributed by atoms with Crippen LogP contribution in [0.5, 0.6) is 0 Å². The van der Waals surface area contributed by atoms with E-state index >= 15 is 0 Å². The molecule has 0 radical (unpaired) electrons. The van der Waals surface area contributed by atoms with Crippen LogP contribution in [0.2, 0.25) is 5.02 Å². The van der Waals surface area contributed by atoms with E-state index in [0.717, 1.165) is 11.4 Å². The molecule has 0 spiro atoms. The molecule has 0 fully saturated rings. The molecule has 112 valence electrons. The second-order valence-electron chi connectivity index (χ2n) is 4.71. The summed E-state index contributed by atoms with van der Waals surface area (Å²) >= 11 is 5.87. The van der Waals surface area contributed by atoms with Gasteiger partial charge in [0.1, 0.15) is 12.0 Å². The average molecular weight is 315 g/mol. The van der Waals surface area contributed by atoms with E-state index in [2.05, 4.69) is 20.4 Å². The Morgan fingerprint density at radius 2 is 2.00 bits per heavy atom. The number of nitrogens with two attached hydrogens (primary N) is 1. The first-order valence-electron chi connectivity index (χ1n) is 6.83. The summed E-state index contributed by atoms with van der Waals surface area (Å²) in [4.78, 5) is 8.35. The highest BCUT2D eigenvalue weighted by Crippen LogP contribution is 2.20. The summed E-state index contributed by atoms with van der Waals surface area (Å²) in [5.74, 6) is 1.17. The fourth-order valence-electron chi connectivity index (χ4n) is 2.08. The van der Waals surface area contributed by atoms with Gasteiger partial charge in [-0.1, -0.05) is 23.7 Å². The van der Waals surface area contributed by atoms with Crippen LogP contribution in [-0.4, -0.2) is 26.3 Å². The summed E-state index contributed by atoms with van der Waals surface area (Å²) in [5, 5.41) is 8.10. The third kappa shape index (κ3) is 3.17. The van der Waals surface area contributed by atoms with Crippen LogP contribution >= 0.6 is 11.6 Å². The molecule has 2 aromatic heterocycles. The molecule has 0 aliphatic heterocycles. The van der Waals surface area contributed by atoms with Crippen molar-refractivity contribution in [3.63, 3.8) is 0 Å². The molecule has 7 heteroatoms. The lowest BCUT2D eigenvalue weighted by atomic mass is 10.1. The highest BCUT2D eigenvalue weighted by atomic mass is 35.5. The van der Waals surface area contributed by atoms with Gasteiger partial charge in [0.25, 0.3) is 0 Å². The largest absolute Gasteiger partial charge is 0.393 e. The molecule has 0 aliphatic rings. The van der Waals surface area contributed by atoms with Crippen LogP contribution < -0.4 is 11.1 Å². The Hall–Kier alpha value is -2.60. The standard InChI is InChI=1S/C15H15ClN6/c16-12-4-2-11(3-5-12)6-8-18-14-13(17)15(20-10-19-14)22-9-1-7-21-22/h1-5,7,9-10H,6,8,17H2,(H,18,19,20). The molecule has 6 nitrogen and oxygen atoms in total. The Kier molecular flexibility index (Phi) is 4.20. The number of hydrogen-bond donors (Lipinski definition) is 2. The van der Waals surface area contributed by atoms with Crippen molar-refractivity contribution in [3.05, 3.63) is 59.6 Å². The number of rotatable bonds is 5. The molecule has 0 amide bonds. The minimum absolute atomic E-state index is 0.474. The molecule has 22 heavy (non-hydrogen) atoms. The van der Waals surface area contributed by atoms with Crippen molar-refractivity contribution < 1.29 is 0 Å². The smallest absolute Gasteiger partial charge is 0.181 e. The average Bonchev–Trinajstić information content (AvgIpc) is 3.05. The predicted octanol–water partition coefficient (Wildman–Crippen LogP) is 2.55. The Labute approximate surface area is 133 Å². The second-order valence-corrected chi connectivity index (χ2v) is 5.15. The van der Waals surface area contributed by atoms with Gasteiger partial charge in [0.15, 0.2) is 11.6 Å². The van der Waals surface area contributed by atoms with Crippen LogP contribution in [0.1, 0.15) is 5.56 Å². The maximum atomic E-state index is 6.11. The van der Waals surface area contributed by atoms with Gasteiger partial charge in [-0.2, -0.15) is 5.10 Å². The molecule has 0 atom stereocenters. The number of aromatic nitrogens is 4. The summed E-state index contributed by atoms with van der Waals surface area (Å²) in [6.45, 7) is 0.710. The van der Waals surface area contributed by atoms with Crippen molar-refractivity contribution in [2.24, 2.45) is 0 Å². The van der Waals surface area contributed by atoms with Gasteiger partial charge in [-0.3, -0.25) is 0 Å². The number of anilines is 2. The van der Waals surface area contributed by atoms with Gasteiger partial charge >= 0.3 is 0 Å². The van der Waals surface area contributed by atoms with Crippen molar-refractivity contribution in [2.45, 2.75) is 6.42 Å². The van der Waals surface area contributed by atoms with E-state index in [1.54, 1.807) is 17.1 Å². The minimum atomic E-state index is 0.474. The summed E-state index contributed by atoms with van der Waals surface area (Å²) < 4.78 is 1.61. The molecule has 0 saturated heterocycles. The Morgan fingerprint density at radius 3 is 2.73 bits per heavy atom. The van der Waals surface area contributed by atoms with Crippen LogP contribution in [-0.2, 0) is 6.42 Å². The number of nitrogens with zero attached hydrogens (tertiary/aromatic N) is 4. The van der Waals surface area contributed by atoms with Gasteiger partial charge < -0.3 is 11.1 Å². The van der Waals surface area contributed by atoms with E-state index < -0.39 is 0 Å². The highest BCUT2D eigenvalue weighted by Gasteiger charge is 2.09. The molecule has 3 aromatic rings. The zero-order valence-corrected chi connectivity index (χ0v) is 12.5. The summed E-state index contributed by atoms with van der Waals surface area (Å²) in [7, 11) is 0. The van der Waals surface area contributed by atoms with Crippen LogP contribution in [0.15, 0.2) is 49.1 Å². The van der Waals surface area contributed by atoms with Gasteiger partial charge in [0, 0.05) is 24.0 Å². The molecule has 3 N–H and O–H groups in total. The maximum absolute atomic E-state index is 6.11. The Morgan fingerprint density at radius 1 is 1.18 bits per heavy atom. The topological polar surface area (TPSA) is 81.6 Å². The van der Waals surface area contributed by atoms with Crippen LogP contribution in [0.3, 0.4) is 0 Å². The normalized spacial score (nSPS) is 10.6. The predicted molar refractivity (Wildman–Crippen MR) is 87.2 cm³/mol. The number of nitrogen functional groups attached to an aromatic ring is 1. The molecule has 3 rings (SSSR count). The number of nitrogens with one attached hydrogen (secondary N) is 1. The lowest BCUT2D eigenvalue weighted by Crippen LogP contribution is -2.12. The molecule has 0 aliphatic carbocycles. The maximum Gasteiger partial charge on any atom is 0.181 e. The molecule has 0 saturated carbocycles. The summed E-state index contributed by atoms with van der Waals surface area (Å²) in [6, 6.07) is 9.58. The lowest BCUT2D eigenvalue weighted by Gasteiger charge is -2.11. The van der Waals surface area contributed by atoms with E-state index in [0.29, 0.717) is 23.9 Å². The van der Waals surface area contributed by atoms with Crippen molar-refractivity contribution in [1.29, 1.82) is 0 Å². The van der Waals surface area contributed by atoms with Crippen molar-refractivity contribution in [3.8, 4) is 5.82 Å². The van der Waals surface area contributed by atoms with Crippen LogP contribution in [0, 0.1) is 0 Å². The summed E-state index contributed by atoms with van der Waals surface area (Å²) in [5.41, 5.74) is 7.77. The van der Waals surface area contributed by atoms with Crippen molar-refractivity contribution >= 4 is 23.1 Å². The SMILES string of the molecule is Nc1c(NCCc2ccc(Cl)cc2)ncnc1-n1cccn1. The van der Waals surface area contributed by atoms with Gasteiger partial charge in [-0.05, 0) is 30.2 Å². The molecule has 0 bridgehead atoms. The molecule has 0 unspecified atom stereocenters. The monoisotopic (exact) mass is 314 g/mol. The first kappa shape index (κ1) is 14.3. The van der Waals surface area contributed by atoms with Crippen LogP contribution in [0.25, 0.3) is 5.82 Å². The fourth-order valence-corrected chi connectivity index (χ4v) is 2.21. The quantitative estimate of drug-likeness (QED) is 0.756. The number of benzene rings is 1. The summed E-state index contributed by atoms with van der Waals surface area (Å²) in [6.07, 6.45) is 5.78. The van der Waals surface area contributed by atoms with Crippen molar-refractivity contribution in [2.75, 3.05) is 17.6 Å². The Balaban J connectivity index is 1.68. The first-order valence-corrected chi connectivity index (χ1v) is 7.20. The minimum Gasteiger partial charge on any atom is -0.393 e. The van der Waals surface area contributed by atoms with E-state index in [4.69, 9.17) is 17.3 Å². The van der Waals surface area contributed by atoms with E-state index in [-0.39, 0.29) is 0 Å².